The highest BCUT2D eigenvalue weighted by Crippen LogP contribution is 2.51. The van der Waals surface area contributed by atoms with Crippen LogP contribution in [-0.4, -0.2) is 15.9 Å². The molecule has 4 heteroatoms. The number of hydrogen-bond donors (Lipinski definition) is 2. The molecule has 0 amide bonds. The summed E-state index contributed by atoms with van der Waals surface area (Å²) >= 11 is 0. The summed E-state index contributed by atoms with van der Waals surface area (Å²) in [5.41, 5.74) is 3.67. The van der Waals surface area contributed by atoms with Gasteiger partial charge < -0.3 is 14.8 Å². The molecule has 27 heavy (non-hydrogen) atoms. The number of hydrogen-bond acceptors (Lipinski definition) is 3. The number of nitrogens with one attached hydrogen (secondary N) is 1. The van der Waals surface area contributed by atoms with E-state index < -0.39 is 0 Å². The third kappa shape index (κ3) is 2.47. The minimum absolute atomic E-state index is 0.130. The molecule has 1 unspecified atom stereocenters. The first-order valence-corrected chi connectivity index (χ1v) is 9.26. The maximum Gasteiger partial charge on any atom is 0.163 e. The number of fused-ring (bicyclic) bond motifs is 2. The molecule has 2 heterocycles. The van der Waals surface area contributed by atoms with Crippen LogP contribution in [0.25, 0.3) is 10.9 Å². The molecule has 0 saturated carbocycles. The van der Waals surface area contributed by atoms with Gasteiger partial charge in [0.2, 0.25) is 0 Å². The summed E-state index contributed by atoms with van der Waals surface area (Å²) in [5.74, 6) is 1.50. The molecule has 1 atom stereocenters. The van der Waals surface area contributed by atoms with Crippen molar-refractivity contribution < 1.29 is 14.6 Å². The van der Waals surface area contributed by atoms with E-state index in [-0.39, 0.29) is 22.9 Å². The van der Waals surface area contributed by atoms with Crippen molar-refractivity contribution in [2.45, 2.75) is 32.6 Å². The number of H-pyrrole nitrogens is 1. The van der Waals surface area contributed by atoms with Gasteiger partial charge in [0.15, 0.2) is 5.78 Å². The fourth-order valence-corrected chi connectivity index (χ4v) is 4.48. The van der Waals surface area contributed by atoms with Crippen LogP contribution in [-0.2, 0) is 4.79 Å². The number of rotatable bonds is 1. The maximum atomic E-state index is 13.2. The predicted molar refractivity (Wildman–Crippen MR) is 104 cm³/mol. The van der Waals surface area contributed by atoms with Gasteiger partial charge in [-0.2, -0.15) is 0 Å². The van der Waals surface area contributed by atoms with E-state index in [9.17, 15) is 9.90 Å². The van der Waals surface area contributed by atoms with E-state index in [1.54, 1.807) is 12.1 Å². The van der Waals surface area contributed by atoms with Crippen molar-refractivity contribution in [3.63, 3.8) is 0 Å². The van der Waals surface area contributed by atoms with Crippen LogP contribution in [0.3, 0.4) is 0 Å². The molecule has 0 radical (unpaired) electrons. The van der Waals surface area contributed by atoms with Gasteiger partial charge in [-0.15, -0.1) is 0 Å². The lowest BCUT2D eigenvalue weighted by Crippen LogP contribution is -2.32. The molecule has 4 nitrogen and oxygen atoms in total. The topological polar surface area (TPSA) is 62.3 Å². The van der Waals surface area contributed by atoms with Gasteiger partial charge in [0.1, 0.15) is 17.3 Å². The lowest BCUT2D eigenvalue weighted by molar-refractivity contribution is -0.118. The van der Waals surface area contributed by atoms with Crippen LogP contribution in [0.5, 0.6) is 11.5 Å². The molecule has 2 aliphatic rings. The van der Waals surface area contributed by atoms with Crippen LogP contribution in [0.15, 0.2) is 60.0 Å². The van der Waals surface area contributed by atoms with Crippen LogP contribution in [0.1, 0.15) is 43.7 Å². The number of para-hydroxylation sites is 1. The summed E-state index contributed by atoms with van der Waals surface area (Å²) in [4.78, 5) is 16.5. The second kappa shape index (κ2) is 5.49. The number of aromatic amines is 1. The number of ketones is 1. The van der Waals surface area contributed by atoms with Crippen molar-refractivity contribution in [3.05, 3.63) is 71.1 Å². The van der Waals surface area contributed by atoms with Crippen molar-refractivity contribution in [1.82, 2.24) is 4.98 Å². The number of phenols is 1. The summed E-state index contributed by atoms with van der Waals surface area (Å²) in [6, 6.07) is 13.3. The summed E-state index contributed by atoms with van der Waals surface area (Å²) in [6.07, 6.45) is 3.22. The van der Waals surface area contributed by atoms with E-state index in [4.69, 9.17) is 4.74 Å². The predicted octanol–water partition coefficient (Wildman–Crippen LogP) is 5.04. The molecular formula is C23H21NO3. The number of aromatic nitrogens is 1. The van der Waals surface area contributed by atoms with E-state index in [2.05, 4.69) is 24.9 Å². The van der Waals surface area contributed by atoms with Gasteiger partial charge in [-0.1, -0.05) is 38.1 Å². The van der Waals surface area contributed by atoms with Gasteiger partial charge in [0.05, 0.1) is 0 Å². The van der Waals surface area contributed by atoms with Crippen molar-refractivity contribution in [3.8, 4) is 11.5 Å². The van der Waals surface area contributed by atoms with Gasteiger partial charge in [-0.05, 0) is 23.1 Å². The first kappa shape index (κ1) is 16.2. The Morgan fingerprint density at radius 3 is 2.78 bits per heavy atom. The summed E-state index contributed by atoms with van der Waals surface area (Å²) in [5, 5.41) is 11.1. The zero-order valence-corrected chi connectivity index (χ0v) is 15.4. The van der Waals surface area contributed by atoms with Crippen molar-refractivity contribution in [1.29, 1.82) is 0 Å². The number of carbonyl (C=O) groups is 1. The lowest BCUT2D eigenvalue weighted by Gasteiger charge is -2.38. The Kier molecular flexibility index (Phi) is 3.29. The second-order valence-electron chi connectivity index (χ2n) is 8.32. The second-order valence-corrected chi connectivity index (χ2v) is 8.32. The minimum atomic E-state index is -0.191. The van der Waals surface area contributed by atoms with Crippen molar-refractivity contribution in [2.24, 2.45) is 5.41 Å². The number of carbonyl (C=O) groups excluding carboxylic acids is 1. The average molecular weight is 359 g/mol. The number of aromatic hydroxyl groups is 1. The molecule has 1 aromatic heterocycles. The van der Waals surface area contributed by atoms with Gasteiger partial charge in [0.25, 0.3) is 0 Å². The number of benzene rings is 2. The number of phenolic OH excluding ortho intramolecular Hbond substituents is 1. The molecule has 3 aromatic rings. The molecule has 0 spiro atoms. The Morgan fingerprint density at radius 2 is 1.93 bits per heavy atom. The largest absolute Gasteiger partial charge is 0.508 e. The molecule has 0 fully saturated rings. The van der Waals surface area contributed by atoms with E-state index in [0.717, 1.165) is 33.4 Å². The number of Topliss-reactive ketones (excluding diaryl/α,β-unsaturated/α-hetero) is 1. The quantitative estimate of drug-likeness (QED) is 0.640. The zero-order chi connectivity index (χ0) is 18.8. The summed E-state index contributed by atoms with van der Waals surface area (Å²) in [6.45, 7) is 4.19. The van der Waals surface area contributed by atoms with Crippen LogP contribution >= 0.6 is 0 Å². The SMILES string of the molecule is CC1(C)CC(=O)C2=C(C1)Oc1cc(O)ccc1C2c1c[nH]c2ccccc12. The molecule has 0 saturated heterocycles. The van der Waals surface area contributed by atoms with Gasteiger partial charge in [0, 0.05) is 53.1 Å². The van der Waals surface area contributed by atoms with Crippen molar-refractivity contribution >= 4 is 16.7 Å². The molecule has 5 rings (SSSR count). The van der Waals surface area contributed by atoms with E-state index in [1.807, 2.05) is 30.5 Å². The Labute approximate surface area is 157 Å². The smallest absolute Gasteiger partial charge is 0.163 e. The fourth-order valence-electron chi connectivity index (χ4n) is 4.48. The summed E-state index contributed by atoms with van der Waals surface area (Å²) < 4.78 is 6.15. The minimum Gasteiger partial charge on any atom is -0.508 e. The molecule has 136 valence electrons. The maximum absolute atomic E-state index is 13.2. The Morgan fingerprint density at radius 1 is 1.11 bits per heavy atom. The van der Waals surface area contributed by atoms with Gasteiger partial charge in [-0.25, -0.2) is 0 Å². The van der Waals surface area contributed by atoms with Crippen molar-refractivity contribution in [2.75, 3.05) is 0 Å². The first-order chi connectivity index (χ1) is 12.9. The molecule has 0 bridgehead atoms. The van der Waals surface area contributed by atoms with E-state index in [1.165, 1.54) is 0 Å². The molecule has 1 aliphatic carbocycles. The fraction of sp³-hybridized carbons (Fsp3) is 0.261. The average Bonchev–Trinajstić information content (AvgIpc) is 3.02. The summed E-state index contributed by atoms with van der Waals surface area (Å²) in [7, 11) is 0. The van der Waals surface area contributed by atoms with E-state index in [0.29, 0.717) is 18.6 Å². The third-order valence-electron chi connectivity index (χ3n) is 5.64. The molecule has 2 aromatic carbocycles. The van der Waals surface area contributed by atoms with Crippen LogP contribution in [0, 0.1) is 5.41 Å². The number of ether oxygens (including phenoxy) is 1. The Hall–Kier alpha value is -3.01. The highest BCUT2D eigenvalue weighted by molar-refractivity contribution is 6.01. The first-order valence-electron chi connectivity index (χ1n) is 9.26. The Bertz CT molecular complexity index is 1120. The third-order valence-corrected chi connectivity index (χ3v) is 5.64. The van der Waals surface area contributed by atoms with Crippen LogP contribution < -0.4 is 4.74 Å². The highest BCUT2D eigenvalue weighted by atomic mass is 16.5. The molecule has 2 N–H and O–H groups in total. The zero-order valence-electron chi connectivity index (χ0n) is 15.4. The normalized spacial score (nSPS) is 21.0. The Balaban J connectivity index is 1.78. The van der Waals surface area contributed by atoms with Gasteiger partial charge >= 0.3 is 0 Å². The van der Waals surface area contributed by atoms with Crippen LogP contribution in [0.4, 0.5) is 0 Å². The monoisotopic (exact) mass is 359 g/mol. The number of allylic oxidation sites excluding steroid dienone is 2. The van der Waals surface area contributed by atoms with Crippen LogP contribution in [0.2, 0.25) is 0 Å². The lowest BCUT2D eigenvalue weighted by atomic mass is 9.70. The molecular weight excluding hydrogens is 338 g/mol. The van der Waals surface area contributed by atoms with E-state index >= 15 is 0 Å². The van der Waals surface area contributed by atoms with Gasteiger partial charge in [-0.3, -0.25) is 4.79 Å². The standard InChI is InChI=1S/C23H21NO3/c1-23(2)10-18(26)22-20(11-23)27-19-9-13(25)7-8-15(19)21(22)16-12-24-17-6-4-3-5-14(16)17/h3-9,12,21,24-25H,10-11H2,1-2H3. The highest BCUT2D eigenvalue weighted by Gasteiger charge is 2.42. The molecule has 1 aliphatic heterocycles.